The standard InChI is InChI=1S/C13H13FN2O2S/c1-7-10(12(17)18-2)11(16-13(19)15-7)8-3-5-9(14)6-4-8/h3-6,11H,1-2H3,(H2,15,16,19)/t11-/m1/s1. The number of halogens is 1. The van der Waals surface area contributed by atoms with Crippen molar-refractivity contribution >= 4 is 23.3 Å². The molecule has 0 aliphatic carbocycles. The maximum Gasteiger partial charge on any atom is 0.337 e. The van der Waals surface area contributed by atoms with Crippen LogP contribution in [0.25, 0.3) is 0 Å². The monoisotopic (exact) mass is 280 g/mol. The zero-order valence-corrected chi connectivity index (χ0v) is 11.3. The molecule has 1 aliphatic heterocycles. The zero-order valence-electron chi connectivity index (χ0n) is 10.5. The number of carbonyl (C=O) groups is 1. The number of benzene rings is 1. The Morgan fingerprint density at radius 3 is 2.58 bits per heavy atom. The van der Waals surface area contributed by atoms with Gasteiger partial charge in [0, 0.05) is 5.70 Å². The van der Waals surface area contributed by atoms with Gasteiger partial charge in [0.1, 0.15) is 5.82 Å². The smallest absolute Gasteiger partial charge is 0.337 e. The van der Waals surface area contributed by atoms with E-state index in [1.165, 1.54) is 19.2 Å². The highest BCUT2D eigenvalue weighted by molar-refractivity contribution is 7.80. The first kappa shape index (κ1) is 13.5. The summed E-state index contributed by atoms with van der Waals surface area (Å²) in [4.78, 5) is 11.9. The molecule has 6 heteroatoms. The Hall–Kier alpha value is -1.95. The lowest BCUT2D eigenvalue weighted by Gasteiger charge is -2.29. The van der Waals surface area contributed by atoms with Gasteiger partial charge in [0.25, 0.3) is 0 Å². The Balaban J connectivity index is 2.46. The Bertz CT molecular complexity index is 554. The molecule has 0 bridgehead atoms. The second kappa shape index (κ2) is 5.36. The second-order valence-corrected chi connectivity index (χ2v) is 4.52. The molecule has 1 atom stereocenters. The molecule has 19 heavy (non-hydrogen) atoms. The highest BCUT2D eigenvalue weighted by atomic mass is 32.1. The lowest BCUT2D eigenvalue weighted by molar-refractivity contribution is -0.136. The van der Waals surface area contributed by atoms with Gasteiger partial charge in [-0.05, 0) is 36.8 Å². The zero-order chi connectivity index (χ0) is 14.0. The quantitative estimate of drug-likeness (QED) is 0.639. The van der Waals surface area contributed by atoms with Crippen molar-refractivity contribution in [2.45, 2.75) is 13.0 Å². The molecule has 0 aromatic heterocycles. The molecule has 4 nitrogen and oxygen atoms in total. The van der Waals surface area contributed by atoms with Gasteiger partial charge in [-0.1, -0.05) is 12.1 Å². The topological polar surface area (TPSA) is 50.4 Å². The third-order valence-corrected chi connectivity index (χ3v) is 3.10. The minimum absolute atomic E-state index is 0.333. The number of esters is 1. The predicted molar refractivity (Wildman–Crippen MR) is 72.7 cm³/mol. The molecule has 0 spiro atoms. The molecule has 1 aliphatic rings. The van der Waals surface area contributed by atoms with Crippen LogP contribution in [0, 0.1) is 5.82 Å². The van der Waals surface area contributed by atoms with Gasteiger partial charge in [0.05, 0.1) is 18.7 Å². The van der Waals surface area contributed by atoms with Gasteiger partial charge in [0.2, 0.25) is 0 Å². The largest absolute Gasteiger partial charge is 0.466 e. The van der Waals surface area contributed by atoms with Crippen LogP contribution in [0.15, 0.2) is 35.5 Å². The number of allylic oxidation sites excluding steroid dienone is 1. The molecular weight excluding hydrogens is 267 g/mol. The van der Waals surface area contributed by atoms with Crippen LogP contribution in [-0.2, 0) is 9.53 Å². The lowest BCUT2D eigenvalue weighted by Crippen LogP contribution is -2.45. The Kier molecular flexibility index (Phi) is 3.80. The van der Waals surface area contributed by atoms with E-state index in [0.29, 0.717) is 16.4 Å². The first-order valence-corrected chi connectivity index (χ1v) is 6.06. The van der Waals surface area contributed by atoms with Crippen LogP contribution in [-0.4, -0.2) is 18.2 Å². The summed E-state index contributed by atoms with van der Waals surface area (Å²) >= 11 is 5.08. The fourth-order valence-electron chi connectivity index (χ4n) is 1.98. The van der Waals surface area contributed by atoms with E-state index >= 15 is 0 Å². The molecule has 1 heterocycles. The molecule has 0 unspecified atom stereocenters. The van der Waals surface area contributed by atoms with Crippen LogP contribution in [0.4, 0.5) is 4.39 Å². The summed E-state index contributed by atoms with van der Waals surface area (Å²) in [6, 6.07) is 5.45. The number of nitrogens with one attached hydrogen (secondary N) is 2. The Morgan fingerprint density at radius 1 is 1.37 bits per heavy atom. The molecule has 0 radical (unpaired) electrons. The van der Waals surface area contributed by atoms with E-state index in [1.807, 2.05) is 0 Å². The number of carbonyl (C=O) groups excluding carboxylic acids is 1. The predicted octanol–water partition coefficient (Wildman–Crippen LogP) is 1.79. The maximum absolute atomic E-state index is 13.0. The average Bonchev–Trinajstić information content (AvgIpc) is 2.38. The number of thiocarbonyl (C=S) groups is 1. The molecule has 0 saturated carbocycles. The van der Waals surface area contributed by atoms with Crippen LogP contribution >= 0.6 is 12.2 Å². The van der Waals surface area contributed by atoms with E-state index < -0.39 is 12.0 Å². The average molecular weight is 280 g/mol. The fraction of sp³-hybridized carbons (Fsp3) is 0.231. The Labute approximate surface area is 115 Å². The molecule has 0 saturated heterocycles. The first-order chi connectivity index (χ1) is 9.02. The summed E-state index contributed by atoms with van der Waals surface area (Å²) < 4.78 is 17.7. The highest BCUT2D eigenvalue weighted by Gasteiger charge is 2.30. The molecule has 1 aromatic carbocycles. The van der Waals surface area contributed by atoms with Crippen molar-refractivity contribution in [2.75, 3.05) is 7.11 Å². The normalized spacial score (nSPS) is 18.7. The van der Waals surface area contributed by atoms with E-state index in [1.54, 1.807) is 19.1 Å². The van der Waals surface area contributed by atoms with Gasteiger partial charge >= 0.3 is 5.97 Å². The summed E-state index contributed by atoms with van der Waals surface area (Å²) in [7, 11) is 1.32. The van der Waals surface area contributed by atoms with E-state index in [-0.39, 0.29) is 5.82 Å². The third-order valence-electron chi connectivity index (χ3n) is 2.88. The minimum Gasteiger partial charge on any atom is -0.466 e. The molecule has 2 N–H and O–H groups in total. The molecular formula is C13H13FN2O2S. The Morgan fingerprint density at radius 2 is 2.00 bits per heavy atom. The number of hydrogen-bond donors (Lipinski definition) is 2. The maximum atomic E-state index is 13.0. The lowest BCUT2D eigenvalue weighted by atomic mass is 9.96. The van der Waals surface area contributed by atoms with Crippen LogP contribution in [0.2, 0.25) is 0 Å². The van der Waals surface area contributed by atoms with Gasteiger partial charge in [-0.15, -0.1) is 0 Å². The molecule has 100 valence electrons. The van der Waals surface area contributed by atoms with E-state index in [4.69, 9.17) is 17.0 Å². The van der Waals surface area contributed by atoms with E-state index in [0.717, 1.165) is 5.56 Å². The summed E-state index contributed by atoms with van der Waals surface area (Å²) in [5.74, 6) is -0.782. The molecule has 1 aromatic rings. The summed E-state index contributed by atoms with van der Waals surface area (Å²) in [6.07, 6.45) is 0. The first-order valence-electron chi connectivity index (χ1n) is 5.65. The fourth-order valence-corrected chi connectivity index (χ4v) is 2.25. The van der Waals surface area contributed by atoms with Crippen LogP contribution in [0.3, 0.4) is 0 Å². The van der Waals surface area contributed by atoms with Gasteiger partial charge in [-0.2, -0.15) is 0 Å². The second-order valence-electron chi connectivity index (χ2n) is 4.11. The van der Waals surface area contributed by atoms with Crippen molar-refractivity contribution in [3.8, 4) is 0 Å². The van der Waals surface area contributed by atoms with Gasteiger partial charge in [-0.3, -0.25) is 0 Å². The van der Waals surface area contributed by atoms with Crippen LogP contribution in [0.1, 0.15) is 18.5 Å². The number of methoxy groups -OCH3 is 1. The number of hydrogen-bond acceptors (Lipinski definition) is 3. The highest BCUT2D eigenvalue weighted by Crippen LogP contribution is 2.27. The van der Waals surface area contributed by atoms with Crippen molar-refractivity contribution in [1.82, 2.24) is 10.6 Å². The third kappa shape index (κ3) is 2.73. The van der Waals surface area contributed by atoms with E-state index in [2.05, 4.69) is 10.6 Å². The minimum atomic E-state index is -0.450. The van der Waals surface area contributed by atoms with Crippen LogP contribution in [0.5, 0.6) is 0 Å². The van der Waals surface area contributed by atoms with Crippen molar-refractivity contribution < 1.29 is 13.9 Å². The summed E-state index contributed by atoms with van der Waals surface area (Å²) in [5, 5.41) is 6.28. The SMILES string of the molecule is COC(=O)C1=C(C)NC(=S)N[C@@H]1c1ccc(F)cc1. The molecule has 2 rings (SSSR count). The van der Waals surface area contributed by atoms with Gasteiger partial charge < -0.3 is 15.4 Å². The van der Waals surface area contributed by atoms with Crippen molar-refractivity contribution in [1.29, 1.82) is 0 Å². The van der Waals surface area contributed by atoms with Crippen molar-refractivity contribution in [2.24, 2.45) is 0 Å². The van der Waals surface area contributed by atoms with Crippen LogP contribution < -0.4 is 10.6 Å². The molecule has 0 amide bonds. The van der Waals surface area contributed by atoms with E-state index in [9.17, 15) is 9.18 Å². The van der Waals surface area contributed by atoms with Crippen molar-refractivity contribution in [3.63, 3.8) is 0 Å². The van der Waals surface area contributed by atoms with Crippen molar-refractivity contribution in [3.05, 3.63) is 46.9 Å². The number of rotatable bonds is 2. The number of ether oxygens (including phenoxy) is 1. The summed E-state index contributed by atoms with van der Waals surface area (Å²) in [5.41, 5.74) is 1.80. The van der Waals surface area contributed by atoms with Gasteiger partial charge in [0.15, 0.2) is 5.11 Å². The molecule has 0 fully saturated rings. The van der Waals surface area contributed by atoms with Gasteiger partial charge in [-0.25, -0.2) is 9.18 Å². The summed E-state index contributed by atoms with van der Waals surface area (Å²) in [6.45, 7) is 1.75.